The Hall–Kier alpha value is -0.610. The largest absolute Gasteiger partial charge is 0.394 e. The minimum atomic E-state index is -0.148. The molecule has 1 amide bonds. The lowest BCUT2D eigenvalue weighted by molar-refractivity contribution is -0.127. The zero-order valence-corrected chi connectivity index (χ0v) is 9.69. The molecule has 3 atom stereocenters. The Morgan fingerprint density at radius 1 is 1.60 bits per heavy atom. The molecule has 15 heavy (non-hydrogen) atoms. The summed E-state index contributed by atoms with van der Waals surface area (Å²) in [6.45, 7) is 6.53. The second-order valence-corrected chi connectivity index (χ2v) is 4.51. The molecular formula is C11H21NO3. The quantitative estimate of drug-likeness (QED) is 0.720. The third kappa shape index (κ3) is 3.18. The summed E-state index contributed by atoms with van der Waals surface area (Å²) in [7, 11) is 0. The highest BCUT2D eigenvalue weighted by Crippen LogP contribution is 2.20. The number of rotatable bonds is 4. The Bertz CT molecular complexity index is 218. The maximum atomic E-state index is 11.8. The summed E-state index contributed by atoms with van der Waals surface area (Å²) in [5.74, 6) is 0.196. The van der Waals surface area contributed by atoms with E-state index in [1.165, 1.54) is 0 Å². The van der Waals surface area contributed by atoms with Crippen LogP contribution in [0.2, 0.25) is 0 Å². The van der Waals surface area contributed by atoms with Gasteiger partial charge < -0.3 is 15.2 Å². The molecule has 0 aromatic rings. The molecule has 88 valence electrons. The van der Waals surface area contributed by atoms with Crippen LogP contribution in [0.5, 0.6) is 0 Å². The zero-order chi connectivity index (χ0) is 11.4. The number of hydrogen-bond acceptors (Lipinski definition) is 3. The number of aliphatic hydroxyl groups is 1. The molecule has 0 saturated carbocycles. The molecule has 1 heterocycles. The van der Waals surface area contributed by atoms with E-state index in [0.29, 0.717) is 6.61 Å². The first-order chi connectivity index (χ1) is 7.06. The van der Waals surface area contributed by atoms with Crippen molar-refractivity contribution in [2.24, 2.45) is 11.8 Å². The van der Waals surface area contributed by atoms with Crippen LogP contribution in [-0.2, 0) is 9.53 Å². The van der Waals surface area contributed by atoms with Gasteiger partial charge in [0.15, 0.2) is 0 Å². The van der Waals surface area contributed by atoms with Crippen molar-refractivity contribution in [1.29, 1.82) is 0 Å². The average Bonchev–Trinajstić information content (AvgIpc) is 2.60. The van der Waals surface area contributed by atoms with Crippen molar-refractivity contribution < 1.29 is 14.6 Å². The SMILES string of the molecule is CC(C)C(CO)NC(=O)C1CCOC1C. The van der Waals surface area contributed by atoms with Crippen LogP contribution < -0.4 is 5.32 Å². The topological polar surface area (TPSA) is 58.6 Å². The summed E-state index contributed by atoms with van der Waals surface area (Å²) < 4.78 is 5.34. The van der Waals surface area contributed by atoms with Gasteiger partial charge in [-0.05, 0) is 19.3 Å². The van der Waals surface area contributed by atoms with Crippen LogP contribution in [0.15, 0.2) is 0 Å². The highest BCUT2D eigenvalue weighted by molar-refractivity contribution is 5.79. The van der Waals surface area contributed by atoms with Crippen LogP contribution in [0, 0.1) is 11.8 Å². The lowest BCUT2D eigenvalue weighted by Crippen LogP contribution is -2.45. The van der Waals surface area contributed by atoms with Crippen molar-refractivity contribution in [2.75, 3.05) is 13.2 Å². The van der Waals surface area contributed by atoms with Crippen molar-refractivity contribution in [2.45, 2.75) is 39.3 Å². The van der Waals surface area contributed by atoms with Crippen molar-refractivity contribution in [3.05, 3.63) is 0 Å². The van der Waals surface area contributed by atoms with Gasteiger partial charge in [0.25, 0.3) is 0 Å². The van der Waals surface area contributed by atoms with Gasteiger partial charge in [0.2, 0.25) is 5.91 Å². The highest BCUT2D eigenvalue weighted by Gasteiger charge is 2.32. The Labute approximate surface area is 91.0 Å². The van der Waals surface area contributed by atoms with E-state index in [1.54, 1.807) is 0 Å². The minimum Gasteiger partial charge on any atom is -0.394 e. The molecule has 2 N–H and O–H groups in total. The number of amides is 1. The second-order valence-electron chi connectivity index (χ2n) is 4.51. The maximum Gasteiger partial charge on any atom is 0.226 e. The highest BCUT2D eigenvalue weighted by atomic mass is 16.5. The van der Waals surface area contributed by atoms with Gasteiger partial charge in [-0.15, -0.1) is 0 Å². The zero-order valence-electron chi connectivity index (χ0n) is 9.69. The molecule has 4 nitrogen and oxygen atoms in total. The fraction of sp³-hybridized carbons (Fsp3) is 0.909. The van der Waals surface area contributed by atoms with Crippen molar-refractivity contribution in [1.82, 2.24) is 5.32 Å². The van der Waals surface area contributed by atoms with E-state index in [9.17, 15) is 4.79 Å². The maximum absolute atomic E-state index is 11.8. The predicted octanol–water partition coefficient (Wildman–Crippen LogP) is 0.544. The molecule has 0 aromatic carbocycles. The average molecular weight is 215 g/mol. The van der Waals surface area contributed by atoms with E-state index in [2.05, 4.69) is 5.32 Å². The molecule has 1 saturated heterocycles. The standard InChI is InChI=1S/C11H21NO3/c1-7(2)10(6-13)12-11(14)9-4-5-15-8(9)3/h7-10,13H,4-6H2,1-3H3,(H,12,14). The fourth-order valence-electron chi connectivity index (χ4n) is 1.79. The number of nitrogens with one attached hydrogen (secondary N) is 1. The first-order valence-corrected chi connectivity index (χ1v) is 5.59. The first kappa shape index (κ1) is 12.5. The van der Waals surface area contributed by atoms with Gasteiger partial charge in [-0.3, -0.25) is 4.79 Å². The normalized spacial score (nSPS) is 28.1. The van der Waals surface area contributed by atoms with E-state index < -0.39 is 0 Å². The van der Waals surface area contributed by atoms with Crippen LogP contribution in [0.25, 0.3) is 0 Å². The molecular weight excluding hydrogens is 194 g/mol. The predicted molar refractivity (Wildman–Crippen MR) is 57.4 cm³/mol. The summed E-state index contributed by atoms with van der Waals surface area (Å²) in [5, 5.41) is 12.0. The van der Waals surface area contributed by atoms with Crippen LogP contribution in [0.1, 0.15) is 27.2 Å². The van der Waals surface area contributed by atoms with Gasteiger partial charge >= 0.3 is 0 Å². The van der Waals surface area contributed by atoms with Gasteiger partial charge in [-0.25, -0.2) is 0 Å². The first-order valence-electron chi connectivity index (χ1n) is 5.59. The van der Waals surface area contributed by atoms with E-state index in [-0.39, 0.29) is 36.5 Å². The Kier molecular flexibility index (Phi) is 4.54. The molecule has 0 spiro atoms. The molecule has 3 unspecified atom stereocenters. The molecule has 0 bridgehead atoms. The van der Waals surface area contributed by atoms with Gasteiger partial charge in [-0.1, -0.05) is 13.8 Å². The van der Waals surface area contributed by atoms with Crippen LogP contribution >= 0.6 is 0 Å². The van der Waals surface area contributed by atoms with E-state index in [0.717, 1.165) is 6.42 Å². The van der Waals surface area contributed by atoms with Crippen molar-refractivity contribution in [3.63, 3.8) is 0 Å². The monoisotopic (exact) mass is 215 g/mol. The Balaban J connectivity index is 2.46. The van der Waals surface area contributed by atoms with Crippen LogP contribution in [0.4, 0.5) is 0 Å². The van der Waals surface area contributed by atoms with Gasteiger partial charge in [0, 0.05) is 6.61 Å². The molecule has 0 aliphatic carbocycles. The van der Waals surface area contributed by atoms with Gasteiger partial charge in [0.05, 0.1) is 24.7 Å². The smallest absolute Gasteiger partial charge is 0.226 e. The third-order valence-electron chi connectivity index (χ3n) is 3.04. The van der Waals surface area contributed by atoms with E-state index in [4.69, 9.17) is 9.84 Å². The number of carbonyl (C=O) groups excluding carboxylic acids is 1. The van der Waals surface area contributed by atoms with Crippen molar-refractivity contribution in [3.8, 4) is 0 Å². The summed E-state index contributed by atoms with van der Waals surface area (Å²) in [6, 6.07) is -0.148. The number of aliphatic hydroxyl groups excluding tert-OH is 1. The summed E-state index contributed by atoms with van der Waals surface area (Å²) in [5.41, 5.74) is 0. The Morgan fingerprint density at radius 3 is 2.67 bits per heavy atom. The number of carbonyl (C=O) groups is 1. The lowest BCUT2D eigenvalue weighted by Gasteiger charge is -2.23. The molecule has 1 aliphatic rings. The molecule has 1 aliphatic heterocycles. The summed E-state index contributed by atoms with van der Waals surface area (Å²) >= 11 is 0. The van der Waals surface area contributed by atoms with E-state index in [1.807, 2.05) is 20.8 Å². The third-order valence-corrected chi connectivity index (χ3v) is 3.04. The molecule has 0 aromatic heterocycles. The fourth-order valence-corrected chi connectivity index (χ4v) is 1.79. The Morgan fingerprint density at radius 2 is 2.27 bits per heavy atom. The van der Waals surface area contributed by atoms with E-state index >= 15 is 0 Å². The number of ether oxygens (including phenoxy) is 1. The summed E-state index contributed by atoms with van der Waals surface area (Å²) in [6.07, 6.45) is 0.778. The van der Waals surface area contributed by atoms with Crippen molar-refractivity contribution >= 4 is 5.91 Å². The van der Waals surface area contributed by atoms with Crippen LogP contribution in [0.3, 0.4) is 0 Å². The van der Waals surface area contributed by atoms with Gasteiger partial charge in [-0.2, -0.15) is 0 Å². The molecule has 1 fully saturated rings. The second kappa shape index (κ2) is 5.47. The minimum absolute atomic E-state index is 0.00324. The lowest BCUT2D eigenvalue weighted by atomic mass is 9.99. The molecule has 4 heteroatoms. The molecule has 1 rings (SSSR count). The molecule has 0 radical (unpaired) electrons. The van der Waals surface area contributed by atoms with Crippen LogP contribution in [-0.4, -0.2) is 36.4 Å². The van der Waals surface area contributed by atoms with Gasteiger partial charge in [0.1, 0.15) is 0 Å². The summed E-state index contributed by atoms with van der Waals surface area (Å²) in [4.78, 5) is 11.8. The number of hydrogen-bond donors (Lipinski definition) is 2.